The van der Waals surface area contributed by atoms with Crippen LogP contribution < -0.4 is 5.32 Å². The average molecular weight is 226 g/mol. The Kier molecular flexibility index (Phi) is 3.82. The minimum atomic E-state index is 0.0345. The van der Waals surface area contributed by atoms with Crippen LogP contribution in [0.3, 0.4) is 0 Å². The lowest BCUT2D eigenvalue weighted by atomic mass is 10.1. The number of nitrogens with one attached hydrogen (secondary N) is 1. The van der Waals surface area contributed by atoms with E-state index in [4.69, 9.17) is 4.74 Å². The van der Waals surface area contributed by atoms with Gasteiger partial charge in [0.25, 0.3) is 0 Å². The van der Waals surface area contributed by atoms with Crippen LogP contribution >= 0.6 is 0 Å². The Morgan fingerprint density at radius 1 is 1.44 bits per heavy atom. The summed E-state index contributed by atoms with van der Waals surface area (Å²) in [5, 5.41) is 3.40. The molecule has 92 valence electrons. The number of carbonyl (C=O) groups excluding carboxylic acids is 1. The van der Waals surface area contributed by atoms with Gasteiger partial charge in [0, 0.05) is 19.1 Å². The van der Waals surface area contributed by atoms with Crippen LogP contribution in [0.5, 0.6) is 0 Å². The second kappa shape index (κ2) is 5.15. The normalized spacial score (nSPS) is 35.0. The third kappa shape index (κ3) is 2.23. The zero-order valence-electron chi connectivity index (χ0n) is 10.2. The number of rotatable bonds is 4. The molecule has 16 heavy (non-hydrogen) atoms. The van der Waals surface area contributed by atoms with Crippen molar-refractivity contribution < 1.29 is 9.53 Å². The summed E-state index contributed by atoms with van der Waals surface area (Å²) < 4.78 is 5.37. The SMILES string of the molecule is CCC1NC(CC)N(CC2CCOC2)C1=O. The molecule has 2 saturated heterocycles. The van der Waals surface area contributed by atoms with Crippen LogP contribution in [0.25, 0.3) is 0 Å². The molecule has 0 bridgehead atoms. The van der Waals surface area contributed by atoms with Gasteiger partial charge in [-0.25, -0.2) is 0 Å². The Hall–Kier alpha value is -0.610. The quantitative estimate of drug-likeness (QED) is 0.776. The predicted octanol–water partition coefficient (Wildman–Crippen LogP) is 0.969. The van der Waals surface area contributed by atoms with Crippen molar-refractivity contribution in [2.75, 3.05) is 19.8 Å². The number of ether oxygens (including phenoxy) is 1. The van der Waals surface area contributed by atoms with Gasteiger partial charge in [0.15, 0.2) is 0 Å². The first kappa shape index (κ1) is 11.9. The standard InChI is InChI=1S/C12H22N2O2/c1-3-10-12(15)14(11(4-2)13-10)7-9-5-6-16-8-9/h9-11,13H,3-8H2,1-2H3. The fourth-order valence-corrected chi connectivity index (χ4v) is 2.60. The first-order valence-electron chi connectivity index (χ1n) is 6.40. The van der Waals surface area contributed by atoms with Gasteiger partial charge in [-0.05, 0) is 19.3 Å². The highest BCUT2D eigenvalue weighted by molar-refractivity contribution is 5.84. The van der Waals surface area contributed by atoms with E-state index in [-0.39, 0.29) is 18.1 Å². The molecule has 2 fully saturated rings. The monoisotopic (exact) mass is 226 g/mol. The van der Waals surface area contributed by atoms with Gasteiger partial charge < -0.3 is 9.64 Å². The van der Waals surface area contributed by atoms with Crippen molar-refractivity contribution in [3.8, 4) is 0 Å². The number of amides is 1. The summed E-state index contributed by atoms with van der Waals surface area (Å²) in [5.41, 5.74) is 0. The second-order valence-electron chi connectivity index (χ2n) is 4.77. The van der Waals surface area contributed by atoms with E-state index in [1.807, 2.05) is 4.90 Å². The maximum Gasteiger partial charge on any atom is 0.241 e. The van der Waals surface area contributed by atoms with Gasteiger partial charge in [-0.3, -0.25) is 10.1 Å². The topological polar surface area (TPSA) is 41.6 Å². The van der Waals surface area contributed by atoms with E-state index in [9.17, 15) is 4.79 Å². The maximum absolute atomic E-state index is 12.1. The molecule has 4 heteroatoms. The highest BCUT2D eigenvalue weighted by Crippen LogP contribution is 2.21. The van der Waals surface area contributed by atoms with Crippen molar-refractivity contribution in [3.63, 3.8) is 0 Å². The van der Waals surface area contributed by atoms with Crippen LogP contribution in [0.4, 0.5) is 0 Å². The Bertz CT molecular complexity index is 251. The third-order valence-corrected chi connectivity index (χ3v) is 3.62. The Morgan fingerprint density at radius 2 is 2.25 bits per heavy atom. The van der Waals surface area contributed by atoms with Crippen LogP contribution in [0, 0.1) is 5.92 Å². The van der Waals surface area contributed by atoms with Crippen molar-refractivity contribution in [1.29, 1.82) is 0 Å². The molecule has 0 saturated carbocycles. The minimum absolute atomic E-state index is 0.0345. The molecule has 4 nitrogen and oxygen atoms in total. The summed E-state index contributed by atoms with van der Waals surface area (Å²) in [4.78, 5) is 14.1. The summed E-state index contributed by atoms with van der Waals surface area (Å²) in [6, 6.07) is 0.0345. The Balaban J connectivity index is 1.97. The molecular weight excluding hydrogens is 204 g/mol. The first-order valence-corrected chi connectivity index (χ1v) is 6.40. The van der Waals surface area contributed by atoms with E-state index in [0.717, 1.165) is 39.0 Å². The molecular formula is C12H22N2O2. The lowest BCUT2D eigenvalue weighted by Gasteiger charge is -2.25. The van der Waals surface area contributed by atoms with Gasteiger partial charge in [0.1, 0.15) is 0 Å². The average Bonchev–Trinajstić information content (AvgIpc) is 2.89. The van der Waals surface area contributed by atoms with E-state index < -0.39 is 0 Å². The number of nitrogens with zero attached hydrogens (tertiary/aromatic N) is 1. The van der Waals surface area contributed by atoms with Gasteiger partial charge in [-0.1, -0.05) is 13.8 Å². The van der Waals surface area contributed by atoms with E-state index >= 15 is 0 Å². The van der Waals surface area contributed by atoms with Gasteiger partial charge in [0.05, 0.1) is 18.8 Å². The molecule has 0 aromatic heterocycles. The lowest BCUT2D eigenvalue weighted by molar-refractivity contribution is -0.130. The van der Waals surface area contributed by atoms with Gasteiger partial charge in [-0.15, -0.1) is 0 Å². The molecule has 3 atom stereocenters. The van der Waals surface area contributed by atoms with Crippen molar-refractivity contribution in [1.82, 2.24) is 10.2 Å². The minimum Gasteiger partial charge on any atom is -0.381 e. The molecule has 0 aliphatic carbocycles. The summed E-state index contributed by atoms with van der Waals surface area (Å²) in [6.07, 6.45) is 3.19. The van der Waals surface area contributed by atoms with Crippen LogP contribution in [-0.2, 0) is 9.53 Å². The number of hydrogen-bond acceptors (Lipinski definition) is 3. The highest BCUT2D eigenvalue weighted by Gasteiger charge is 2.38. The summed E-state index contributed by atoms with van der Waals surface area (Å²) in [5.74, 6) is 0.816. The van der Waals surface area contributed by atoms with Crippen molar-refractivity contribution in [3.05, 3.63) is 0 Å². The molecule has 3 unspecified atom stereocenters. The Labute approximate surface area is 97.3 Å². The van der Waals surface area contributed by atoms with Gasteiger partial charge >= 0.3 is 0 Å². The van der Waals surface area contributed by atoms with Crippen LogP contribution in [0.2, 0.25) is 0 Å². The van der Waals surface area contributed by atoms with Crippen molar-refractivity contribution in [2.45, 2.75) is 45.3 Å². The molecule has 2 aliphatic rings. The summed E-state index contributed by atoms with van der Waals surface area (Å²) >= 11 is 0. The van der Waals surface area contributed by atoms with E-state index in [2.05, 4.69) is 19.2 Å². The van der Waals surface area contributed by atoms with E-state index in [0.29, 0.717) is 5.92 Å². The van der Waals surface area contributed by atoms with Gasteiger partial charge in [-0.2, -0.15) is 0 Å². The van der Waals surface area contributed by atoms with Gasteiger partial charge in [0.2, 0.25) is 5.91 Å². The number of hydrogen-bond donors (Lipinski definition) is 1. The zero-order chi connectivity index (χ0) is 11.5. The molecule has 0 aromatic carbocycles. The fourth-order valence-electron chi connectivity index (χ4n) is 2.60. The molecule has 2 rings (SSSR count). The molecule has 1 amide bonds. The van der Waals surface area contributed by atoms with Crippen LogP contribution in [0.15, 0.2) is 0 Å². The molecule has 0 spiro atoms. The smallest absolute Gasteiger partial charge is 0.241 e. The molecule has 0 radical (unpaired) electrons. The highest BCUT2D eigenvalue weighted by atomic mass is 16.5. The molecule has 2 heterocycles. The van der Waals surface area contributed by atoms with E-state index in [1.165, 1.54) is 0 Å². The van der Waals surface area contributed by atoms with Crippen molar-refractivity contribution >= 4 is 5.91 Å². The first-order chi connectivity index (χ1) is 7.76. The van der Waals surface area contributed by atoms with Crippen molar-refractivity contribution in [2.24, 2.45) is 5.92 Å². The van der Waals surface area contributed by atoms with Crippen LogP contribution in [0.1, 0.15) is 33.1 Å². The second-order valence-corrected chi connectivity index (χ2v) is 4.77. The predicted molar refractivity (Wildman–Crippen MR) is 61.9 cm³/mol. The molecule has 2 aliphatic heterocycles. The summed E-state index contributed by atoms with van der Waals surface area (Å²) in [7, 11) is 0. The Morgan fingerprint density at radius 3 is 2.81 bits per heavy atom. The maximum atomic E-state index is 12.1. The largest absolute Gasteiger partial charge is 0.381 e. The molecule has 0 aromatic rings. The van der Waals surface area contributed by atoms with Crippen LogP contribution in [-0.4, -0.2) is 42.8 Å². The number of carbonyl (C=O) groups is 1. The zero-order valence-corrected chi connectivity index (χ0v) is 10.2. The lowest BCUT2D eigenvalue weighted by Crippen LogP contribution is -2.40. The summed E-state index contributed by atoms with van der Waals surface area (Å²) in [6.45, 7) is 6.72. The third-order valence-electron chi connectivity index (χ3n) is 3.62. The van der Waals surface area contributed by atoms with E-state index in [1.54, 1.807) is 0 Å². The fraction of sp³-hybridized carbons (Fsp3) is 0.917. The molecule has 1 N–H and O–H groups in total.